The SMILES string of the molecule is CC(=O)c1c(C)cc(C)c(CNc2ccc(C(=O)NC(C)(C)C)cc2)c1C. The highest BCUT2D eigenvalue weighted by Gasteiger charge is 2.16. The van der Waals surface area contributed by atoms with Gasteiger partial charge in [0.15, 0.2) is 5.78 Å². The fourth-order valence-electron chi connectivity index (χ4n) is 3.38. The molecular formula is C23H30N2O2. The zero-order valence-corrected chi connectivity index (χ0v) is 17.4. The maximum atomic E-state index is 12.2. The number of benzene rings is 2. The number of amides is 1. The third kappa shape index (κ3) is 5.19. The summed E-state index contributed by atoms with van der Waals surface area (Å²) >= 11 is 0. The zero-order chi connectivity index (χ0) is 20.4. The molecule has 0 unspecified atom stereocenters. The molecule has 0 bridgehead atoms. The number of rotatable bonds is 5. The standard InChI is InChI=1S/C23H30N2O2/c1-14-12-15(2)21(17(4)26)16(3)20(14)13-24-19-10-8-18(9-11-19)22(27)25-23(5,6)7/h8-12,24H,13H2,1-7H3,(H,25,27). The van der Waals surface area contributed by atoms with Crippen LogP contribution in [0.5, 0.6) is 0 Å². The number of nitrogens with one attached hydrogen (secondary N) is 2. The molecule has 4 nitrogen and oxygen atoms in total. The lowest BCUT2D eigenvalue weighted by atomic mass is 9.91. The summed E-state index contributed by atoms with van der Waals surface area (Å²) in [5, 5.41) is 6.36. The molecule has 0 aliphatic carbocycles. The number of carbonyl (C=O) groups is 2. The first kappa shape index (κ1) is 20.7. The molecule has 0 fully saturated rings. The summed E-state index contributed by atoms with van der Waals surface area (Å²) in [7, 11) is 0. The van der Waals surface area contributed by atoms with E-state index in [2.05, 4.69) is 23.6 Å². The van der Waals surface area contributed by atoms with Crippen molar-refractivity contribution in [2.24, 2.45) is 0 Å². The Bertz CT molecular complexity index is 859. The second kappa shape index (κ2) is 7.95. The molecule has 0 saturated carbocycles. The number of hydrogen-bond acceptors (Lipinski definition) is 3. The predicted molar refractivity (Wildman–Crippen MR) is 112 cm³/mol. The molecule has 0 radical (unpaired) electrons. The molecule has 2 rings (SSSR count). The molecular weight excluding hydrogens is 336 g/mol. The van der Waals surface area contributed by atoms with Gasteiger partial charge in [-0.25, -0.2) is 0 Å². The monoisotopic (exact) mass is 366 g/mol. The quantitative estimate of drug-likeness (QED) is 0.736. The van der Waals surface area contributed by atoms with E-state index in [-0.39, 0.29) is 17.2 Å². The van der Waals surface area contributed by atoms with Crippen LogP contribution in [0.2, 0.25) is 0 Å². The van der Waals surface area contributed by atoms with Crippen molar-refractivity contribution in [3.8, 4) is 0 Å². The summed E-state index contributed by atoms with van der Waals surface area (Å²) in [6, 6.07) is 9.52. The van der Waals surface area contributed by atoms with E-state index in [4.69, 9.17) is 0 Å². The van der Waals surface area contributed by atoms with Crippen LogP contribution in [0.15, 0.2) is 30.3 Å². The maximum Gasteiger partial charge on any atom is 0.251 e. The zero-order valence-electron chi connectivity index (χ0n) is 17.4. The first-order valence-electron chi connectivity index (χ1n) is 9.26. The van der Waals surface area contributed by atoms with E-state index in [9.17, 15) is 9.59 Å². The minimum Gasteiger partial charge on any atom is -0.381 e. The fourth-order valence-corrected chi connectivity index (χ4v) is 3.38. The van der Waals surface area contributed by atoms with Crippen LogP contribution in [0.4, 0.5) is 5.69 Å². The molecule has 0 saturated heterocycles. The van der Waals surface area contributed by atoms with Crippen molar-refractivity contribution < 1.29 is 9.59 Å². The predicted octanol–water partition coefficient (Wildman–Crippen LogP) is 4.95. The summed E-state index contributed by atoms with van der Waals surface area (Å²) < 4.78 is 0. The first-order chi connectivity index (χ1) is 12.5. The van der Waals surface area contributed by atoms with Gasteiger partial charge < -0.3 is 10.6 Å². The topological polar surface area (TPSA) is 58.2 Å². The van der Waals surface area contributed by atoms with Crippen LogP contribution in [0.1, 0.15) is 70.7 Å². The van der Waals surface area contributed by atoms with Gasteiger partial charge in [0, 0.05) is 28.9 Å². The van der Waals surface area contributed by atoms with Crippen LogP contribution in [0, 0.1) is 20.8 Å². The molecule has 0 aromatic heterocycles. The summed E-state index contributed by atoms with van der Waals surface area (Å²) in [5.74, 6) is 0.0193. The van der Waals surface area contributed by atoms with Crippen LogP contribution in [-0.2, 0) is 6.54 Å². The molecule has 0 aliphatic rings. The van der Waals surface area contributed by atoms with Gasteiger partial charge in [-0.15, -0.1) is 0 Å². The Hall–Kier alpha value is -2.62. The van der Waals surface area contributed by atoms with Crippen molar-refractivity contribution in [3.63, 3.8) is 0 Å². The van der Waals surface area contributed by atoms with Gasteiger partial charge in [0.05, 0.1) is 0 Å². The second-order valence-corrected chi connectivity index (χ2v) is 8.18. The third-order valence-corrected chi connectivity index (χ3v) is 4.59. The van der Waals surface area contributed by atoms with Crippen LogP contribution >= 0.6 is 0 Å². The van der Waals surface area contributed by atoms with Crippen LogP contribution in [0.25, 0.3) is 0 Å². The van der Waals surface area contributed by atoms with Crippen molar-refractivity contribution >= 4 is 17.4 Å². The molecule has 2 aromatic rings. The van der Waals surface area contributed by atoms with Crippen LogP contribution in [0.3, 0.4) is 0 Å². The number of anilines is 1. The normalized spacial score (nSPS) is 11.2. The van der Waals surface area contributed by atoms with Gasteiger partial charge in [0.25, 0.3) is 5.91 Å². The highest BCUT2D eigenvalue weighted by Crippen LogP contribution is 2.24. The Morgan fingerprint density at radius 1 is 0.963 bits per heavy atom. The number of ketones is 1. The smallest absolute Gasteiger partial charge is 0.251 e. The van der Waals surface area contributed by atoms with Crippen LogP contribution in [-0.4, -0.2) is 17.2 Å². The van der Waals surface area contributed by atoms with Crippen molar-refractivity contribution in [2.45, 2.75) is 60.5 Å². The lowest BCUT2D eigenvalue weighted by molar-refractivity contribution is 0.0918. The van der Waals surface area contributed by atoms with E-state index >= 15 is 0 Å². The second-order valence-electron chi connectivity index (χ2n) is 8.18. The molecule has 2 aromatic carbocycles. The molecule has 27 heavy (non-hydrogen) atoms. The number of carbonyl (C=O) groups excluding carboxylic acids is 2. The molecule has 0 atom stereocenters. The Labute approximate surface area is 162 Å². The van der Waals surface area contributed by atoms with Gasteiger partial charge in [-0.3, -0.25) is 9.59 Å². The Morgan fingerprint density at radius 2 is 1.56 bits per heavy atom. The lowest BCUT2D eigenvalue weighted by Gasteiger charge is -2.20. The fraction of sp³-hybridized carbons (Fsp3) is 0.391. The maximum absolute atomic E-state index is 12.2. The lowest BCUT2D eigenvalue weighted by Crippen LogP contribution is -2.40. The van der Waals surface area contributed by atoms with Crippen molar-refractivity contribution in [1.82, 2.24) is 5.32 Å². The molecule has 1 amide bonds. The van der Waals surface area contributed by atoms with E-state index in [0.29, 0.717) is 12.1 Å². The molecule has 144 valence electrons. The van der Waals surface area contributed by atoms with E-state index in [1.807, 2.05) is 58.9 Å². The van der Waals surface area contributed by atoms with Crippen molar-refractivity contribution in [3.05, 3.63) is 63.7 Å². The van der Waals surface area contributed by atoms with Crippen LogP contribution < -0.4 is 10.6 Å². The number of Topliss-reactive ketones (excluding diaryl/α,β-unsaturated/α-hetero) is 1. The Balaban J connectivity index is 2.15. The highest BCUT2D eigenvalue weighted by molar-refractivity contribution is 5.97. The first-order valence-corrected chi connectivity index (χ1v) is 9.26. The van der Waals surface area contributed by atoms with Gasteiger partial charge in [0.1, 0.15) is 0 Å². The largest absolute Gasteiger partial charge is 0.381 e. The van der Waals surface area contributed by atoms with Gasteiger partial charge in [0.2, 0.25) is 0 Å². The molecule has 0 heterocycles. The molecule has 2 N–H and O–H groups in total. The molecule has 0 spiro atoms. The van der Waals surface area contributed by atoms with Crippen molar-refractivity contribution in [2.75, 3.05) is 5.32 Å². The van der Waals surface area contributed by atoms with Gasteiger partial charge >= 0.3 is 0 Å². The Morgan fingerprint density at radius 3 is 2.07 bits per heavy atom. The van der Waals surface area contributed by atoms with Gasteiger partial charge in [-0.2, -0.15) is 0 Å². The third-order valence-electron chi connectivity index (χ3n) is 4.59. The van der Waals surface area contributed by atoms with Gasteiger partial charge in [-0.1, -0.05) is 6.07 Å². The summed E-state index contributed by atoms with van der Waals surface area (Å²) in [6.07, 6.45) is 0. The highest BCUT2D eigenvalue weighted by atomic mass is 16.1. The minimum atomic E-state index is -0.261. The minimum absolute atomic E-state index is 0.0784. The average Bonchev–Trinajstić information content (AvgIpc) is 2.52. The van der Waals surface area contributed by atoms with E-state index in [0.717, 1.165) is 27.9 Å². The van der Waals surface area contributed by atoms with E-state index < -0.39 is 0 Å². The average molecular weight is 367 g/mol. The molecule has 4 heteroatoms. The summed E-state index contributed by atoms with van der Waals surface area (Å²) in [6.45, 7) is 14.2. The number of aryl methyl sites for hydroxylation is 2. The Kier molecular flexibility index (Phi) is 6.09. The van der Waals surface area contributed by atoms with Gasteiger partial charge in [-0.05, 0) is 95.0 Å². The summed E-state index contributed by atoms with van der Waals surface area (Å²) in [4.78, 5) is 24.2. The van der Waals surface area contributed by atoms with E-state index in [1.54, 1.807) is 6.92 Å². The van der Waals surface area contributed by atoms with Crippen molar-refractivity contribution in [1.29, 1.82) is 0 Å². The molecule has 0 aliphatic heterocycles. The van der Waals surface area contributed by atoms with E-state index in [1.165, 1.54) is 5.56 Å². The summed E-state index contributed by atoms with van der Waals surface area (Å²) in [5.41, 5.74) is 6.49. The number of hydrogen-bond donors (Lipinski definition) is 2.